The molecule has 0 saturated carbocycles. The molecule has 120 valence electrons. The molecule has 0 bridgehead atoms. The first-order valence-corrected chi connectivity index (χ1v) is 8.27. The maximum Gasteiger partial charge on any atom is 0.307 e. The molecule has 0 aromatic heterocycles. The zero-order chi connectivity index (χ0) is 16.2. The molecule has 3 heteroatoms. The van der Waals surface area contributed by atoms with Gasteiger partial charge in [-0.15, -0.1) is 0 Å². The average Bonchev–Trinajstić information content (AvgIpc) is 2.62. The van der Waals surface area contributed by atoms with Crippen molar-refractivity contribution in [2.75, 3.05) is 13.1 Å². The first-order valence-electron chi connectivity index (χ1n) is 8.27. The van der Waals surface area contributed by atoms with Crippen LogP contribution in [0.25, 0.3) is 11.1 Å². The Balaban J connectivity index is 1.72. The second kappa shape index (κ2) is 6.97. The van der Waals surface area contributed by atoms with E-state index in [1.54, 1.807) is 0 Å². The third-order valence-electron chi connectivity index (χ3n) is 4.85. The highest BCUT2D eigenvalue weighted by atomic mass is 16.4. The monoisotopic (exact) mass is 309 g/mol. The summed E-state index contributed by atoms with van der Waals surface area (Å²) in [5, 5.41) is 9.24. The van der Waals surface area contributed by atoms with Gasteiger partial charge in [0.15, 0.2) is 0 Å². The van der Waals surface area contributed by atoms with E-state index in [1.165, 1.54) is 16.7 Å². The second-order valence-corrected chi connectivity index (χ2v) is 6.34. The van der Waals surface area contributed by atoms with Crippen molar-refractivity contribution in [3.8, 4) is 11.1 Å². The predicted octanol–water partition coefficient (Wildman–Crippen LogP) is 4.21. The van der Waals surface area contributed by atoms with Gasteiger partial charge >= 0.3 is 5.97 Å². The number of aliphatic carboxylic acids is 1. The van der Waals surface area contributed by atoms with E-state index >= 15 is 0 Å². The maximum atomic E-state index is 11.2. The van der Waals surface area contributed by atoms with Gasteiger partial charge in [0.25, 0.3) is 0 Å². The number of piperidine rings is 1. The van der Waals surface area contributed by atoms with Gasteiger partial charge in [0, 0.05) is 12.6 Å². The quantitative estimate of drug-likeness (QED) is 0.919. The molecule has 2 aromatic carbocycles. The molecule has 2 unspecified atom stereocenters. The number of carboxylic acid groups (broad SMARTS) is 1. The van der Waals surface area contributed by atoms with Gasteiger partial charge in [0.05, 0.1) is 5.92 Å². The summed E-state index contributed by atoms with van der Waals surface area (Å²) in [4.78, 5) is 13.5. The molecule has 3 rings (SSSR count). The SMILES string of the molecule is CC(c1ccc(-c2ccccc2)cc1)N1CCCC(C(=O)O)C1. The van der Waals surface area contributed by atoms with E-state index < -0.39 is 5.97 Å². The van der Waals surface area contributed by atoms with Crippen LogP contribution >= 0.6 is 0 Å². The second-order valence-electron chi connectivity index (χ2n) is 6.34. The zero-order valence-corrected chi connectivity index (χ0v) is 13.5. The van der Waals surface area contributed by atoms with Crippen LogP contribution in [0.4, 0.5) is 0 Å². The fourth-order valence-corrected chi connectivity index (χ4v) is 3.36. The summed E-state index contributed by atoms with van der Waals surface area (Å²) in [7, 11) is 0. The number of nitrogens with zero attached hydrogens (tertiary/aromatic N) is 1. The highest BCUT2D eigenvalue weighted by Gasteiger charge is 2.28. The minimum atomic E-state index is -0.665. The Kier molecular flexibility index (Phi) is 4.77. The van der Waals surface area contributed by atoms with Gasteiger partial charge in [-0.05, 0) is 43.0 Å². The summed E-state index contributed by atoms with van der Waals surface area (Å²) < 4.78 is 0. The number of likely N-dealkylation sites (tertiary alicyclic amines) is 1. The van der Waals surface area contributed by atoms with E-state index in [9.17, 15) is 9.90 Å². The van der Waals surface area contributed by atoms with Crippen LogP contribution in [0.5, 0.6) is 0 Å². The molecular weight excluding hydrogens is 286 g/mol. The van der Waals surface area contributed by atoms with E-state index in [1.807, 2.05) is 18.2 Å². The van der Waals surface area contributed by atoms with Gasteiger partial charge in [-0.1, -0.05) is 54.6 Å². The van der Waals surface area contributed by atoms with Crippen LogP contribution in [0, 0.1) is 5.92 Å². The molecule has 23 heavy (non-hydrogen) atoms. The van der Waals surface area contributed by atoms with Crippen LogP contribution in [0.15, 0.2) is 54.6 Å². The molecule has 0 amide bonds. The summed E-state index contributed by atoms with van der Waals surface area (Å²) in [6.07, 6.45) is 1.76. The van der Waals surface area contributed by atoms with Crippen LogP contribution in [0.3, 0.4) is 0 Å². The zero-order valence-electron chi connectivity index (χ0n) is 13.5. The normalized spacial score (nSPS) is 20.1. The molecular formula is C20H23NO2. The smallest absolute Gasteiger partial charge is 0.307 e. The Morgan fingerprint density at radius 1 is 1.09 bits per heavy atom. The number of carboxylic acids is 1. The number of benzene rings is 2. The Labute approximate surface area is 137 Å². The Hall–Kier alpha value is -2.13. The lowest BCUT2D eigenvalue weighted by atomic mass is 9.94. The fourth-order valence-electron chi connectivity index (χ4n) is 3.36. The van der Waals surface area contributed by atoms with Crippen molar-refractivity contribution in [2.45, 2.75) is 25.8 Å². The van der Waals surface area contributed by atoms with E-state index in [2.05, 4.69) is 48.2 Å². The number of hydrogen-bond donors (Lipinski definition) is 1. The molecule has 1 aliphatic rings. The minimum absolute atomic E-state index is 0.227. The number of carbonyl (C=O) groups is 1. The highest BCUT2D eigenvalue weighted by molar-refractivity contribution is 5.70. The number of rotatable bonds is 4. The summed E-state index contributed by atoms with van der Waals surface area (Å²) in [6.45, 7) is 3.80. The molecule has 0 spiro atoms. The summed E-state index contributed by atoms with van der Waals surface area (Å²) in [5.41, 5.74) is 3.68. The molecule has 1 heterocycles. The Bertz CT molecular complexity index is 651. The van der Waals surface area contributed by atoms with Gasteiger partial charge in [0.1, 0.15) is 0 Å². The molecule has 3 nitrogen and oxygen atoms in total. The predicted molar refractivity (Wildman–Crippen MR) is 92.2 cm³/mol. The first-order chi connectivity index (χ1) is 11.1. The van der Waals surface area contributed by atoms with E-state index in [4.69, 9.17) is 0 Å². The van der Waals surface area contributed by atoms with Gasteiger partial charge in [-0.2, -0.15) is 0 Å². The molecule has 1 N–H and O–H groups in total. The van der Waals surface area contributed by atoms with Gasteiger partial charge in [-0.3, -0.25) is 9.69 Å². The molecule has 1 saturated heterocycles. The van der Waals surface area contributed by atoms with Crippen molar-refractivity contribution in [1.82, 2.24) is 4.90 Å². The van der Waals surface area contributed by atoms with Crippen molar-refractivity contribution in [3.63, 3.8) is 0 Å². The summed E-state index contributed by atoms with van der Waals surface area (Å²) in [5.74, 6) is -0.892. The van der Waals surface area contributed by atoms with Crippen LogP contribution in [-0.4, -0.2) is 29.1 Å². The number of hydrogen-bond acceptors (Lipinski definition) is 2. The highest BCUT2D eigenvalue weighted by Crippen LogP contribution is 2.28. The standard InChI is InChI=1S/C20H23NO2/c1-15(21-13-5-8-19(14-21)20(22)23)16-9-11-18(12-10-16)17-6-3-2-4-7-17/h2-4,6-7,9-12,15,19H,5,8,13-14H2,1H3,(H,22,23). The van der Waals surface area contributed by atoms with Crippen molar-refractivity contribution in [2.24, 2.45) is 5.92 Å². The molecule has 0 radical (unpaired) electrons. The van der Waals surface area contributed by atoms with E-state index in [0.717, 1.165) is 19.4 Å². The molecule has 0 aliphatic carbocycles. The average molecular weight is 309 g/mol. The van der Waals surface area contributed by atoms with Gasteiger partial charge < -0.3 is 5.11 Å². The van der Waals surface area contributed by atoms with Crippen LogP contribution in [-0.2, 0) is 4.79 Å². The van der Waals surface area contributed by atoms with Crippen molar-refractivity contribution >= 4 is 5.97 Å². The maximum absolute atomic E-state index is 11.2. The van der Waals surface area contributed by atoms with Crippen LogP contribution < -0.4 is 0 Å². The third kappa shape index (κ3) is 3.62. The summed E-state index contributed by atoms with van der Waals surface area (Å²) >= 11 is 0. The topological polar surface area (TPSA) is 40.5 Å². The van der Waals surface area contributed by atoms with Crippen molar-refractivity contribution in [3.05, 3.63) is 60.2 Å². The van der Waals surface area contributed by atoms with E-state index in [-0.39, 0.29) is 12.0 Å². The Morgan fingerprint density at radius 2 is 1.74 bits per heavy atom. The largest absolute Gasteiger partial charge is 0.481 e. The lowest BCUT2D eigenvalue weighted by molar-refractivity contribution is -0.143. The first kappa shape index (κ1) is 15.8. The lowest BCUT2D eigenvalue weighted by Crippen LogP contribution is -2.40. The van der Waals surface area contributed by atoms with Crippen LogP contribution in [0.2, 0.25) is 0 Å². The van der Waals surface area contributed by atoms with E-state index in [0.29, 0.717) is 6.54 Å². The lowest BCUT2D eigenvalue weighted by Gasteiger charge is -2.35. The van der Waals surface area contributed by atoms with Crippen molar-refractivity contribution < 1.29 is 9.90 Å². The molecule has 2 aromatic rings. The molecule has 1 aliphatic heterocycles. The van der Waals surface area contributed by atoms with Crippen molar-refractivity contribution in [1.29, 1.82) is 0 Å². The minimum Gasteiger partial charge on any atom is -0.481 e. The summed E-state index contributed by atoms with van der Waals surface area (Å²) in [6, 6.07) is 19.2. The van der Waals surface area contributed by atoms with Gasteiger partial charge in [0.2, 0.25) is 0 Å². The molecule has 1 fully saturated rings. The Morgan fingerprint density at radius 3 is 2.39 bits per heavy atom. The van der Waals surface area contributed by atoms with Crippen LogP contribution in [0.1, 0.15) is 31.4 Å². The third-order valence-corrected chi connectivity index (χ3v) is 4.85. The van der Waals surface area contributed by atoms with Gasteiger partial charge in [-0.25, -0.2) is 0 Å². The fraction of sp³-hybridized carbons (Fsp3) is 0.350. The molecule has 2 atom stereocenters.